The first-order valence-electron chi connectivity index (χ1n) is 5.57. The van der Waals surface area contributed by atoms with Gasteiger partial charge in [0.1, 0.15) is 18.2 Å². The largest absolute Gasteiger partial charge is 0.449 e. The van der Waals surface area contributed by atoms with Crippen LogP contribution in [0.4, 0.5) is 4.79 Å². The van der Waals surface area contributed by atoms with Crippen molar-refractivity contribution in [2.75, 3.05) is 6.61 Å². The maximum atomic E-state index is 10.6. The molecular weight excluding hydrogens is 361 g/mol. The van der Waals surface area contributed by atoms with Crippen LogP contribution in [0.3, 0.4) is 0 Å². The Kier molecular flexibility index (Phi) is 4.35. The molecule has 2 N–H and O–H groups in total. The number of rotatable bonds is 4. The molecule has 0 unspecified atom stereocenters. The maximum Gasteiger partial charge on any atom is 0.404 e. The number of nitrogens with two attached hydrogens (primary N) is 1. The number of amides is 1. The molecule has 7 heteroatoms. The van der Waals surface area contributed by atoms with Crippen LogP contribution in [0.5, 0.6) is 5.75 Å². The van der Waals surface area contributed by atoms with Gasteiger partial charge in [0.2, 0.25) is 0 Å². The Morgan fingerprint density at radius 3 is 3.00 bits per heavy atom. The molecule has 0 radical (unpaired) electrons. The van der Waals surface area contributed by atoms with Crippen LogP contribution in [0.15, 0.2) is 24.4 Å². The topological polar surface area (TPSA) is 87.3 Å². The lowest BCUT2D eigenvalue weighted by molar-refractivity contribution is 0.150. The summed E-state index contributed by atoms with van der Waals surface area (Å²) in [6, 6.07) is 5.54. The summed E-state index contributed by atoms with van der Waals surface area (Å²) < 4.78 is 9.85. The van der Waals surface area contributed by atoms with Gasteiger partial charge in [-0.3, -0.25) is 0 Å². The molecule has 2 aromatic rings. The minimum atomic E-state index is -0.795. The summed E-state index contributed by atoms with van der Waals surface area (Å²) >= 11 is 1.82. The third-order valence-corrected chi connectivity index (χ3v) is 3.08. The number of hydrogen-bond donors (Lipinski definition) is 1. The Morgan fingerprint density at radius 2 is 2.32 bits per heavy atom. The zero-order chi connectivity index (χ0) is 13.8. The average Bonchev–Trinajstić information content (AvgIpc) is 2.43. The lowest BCUT2D eigenvalue weighted by Gasteiger charge is -2.10. The van der Waals surface area contributed by atoms with Crippen LogP contribution in [0, 0.1) is 0 Å². The summed E-state index contributed by atoms with van der Waals surface area (Å²) in [5, 5.41) is 0.890. The van der Waals surface area contributed by atoms with E-state index in [1.54, 1.807) is 6.20 Å². The number of aromatic nitrogens is 2. The number of hydrogen-bond acceptors (Lipinski definition) is 5. The van der Waals surface area contributed by atoms with Crippen LogP contribution in [0.25, 0.3) is 10.9 Å². The Hall–Kier alpha value is -1.64. The van der Waals surface area contributed by atoms with E-state index in [0.717, 1.165) is 16.7 Å². The Bertz CT molecular complexity index is 606. The molecule has 1 aromatic carbocycles. The molecule has 0 aliphatic rings. The van der Waals surface area contributed by atoms with Crippen LogP contribution in [-0.4, -0.2) is 22.7 Å². The summed E-state index contributed by atoms with van der Waals surface area (Å²) in [5.41, 5.74) is 5.74. The first-order chi connectivity index (χ1) is 9.10. The van der Waals surface area contributed by atoms with Crippen molar-refractivity contribution >= 4 is 40.0 Å². The number of primary amides is 1. The molecule has 1 amide bonds. The number of carbonyl (C=O) groups excluding carboxylic acids is 1. The van der Waals surface area contributed by atoms with Crippen LogP contribution < -0.4 is 8.80 Å². The standard InChI is InChI=1S/C12H12IN3O3/c1-7(6-18-12(14)17)11-15-5-8-4-9(19-13)2-3-10(8)16-11/h2-5,7H,6H2,1H3,(H2,14,17)/t7-/m1/s1. The van der Waals surface area contributed by atoms with E-state index in [-0.39, 0.29) is 12.5 Å². The fourth-order valence-electron chi connectivity index (χ4n) is 1.59. The van der Waals surface area contributed by atoms with Crippen molar-refractivity contribution in [3.05, 3.63) is 30.2 Å². The van der Waals surface area contributed by atoms with Crippen molar-refractivity contribution in [3.63, 3.8) is 0 Å². The van der Waals surface area contributed by atoms with E-state index in [1.807, 2.05) is 48.1 Å². The quantitative estimate of drug-likeness (QED) is 0.833. The highest BCUT2D eigenvalue weighted by Crippen LogP contribution is 2.22. The summed E-state index contributed by atoms with van der Waals surface area (Å²) in [7, 11) is 0. The van der Waals surface area contributed by atoms with Gasteiger partial charge in [-0.05, 0) is 18.2 Å². The Labute approximate surface area is 124 Å². The Morgan fingerprint density at radius 1 is 1.53 bits per heavy atom. The fraction of sp³-hybridized carbons (Fsp3) is 0.250. The van der Waals surface area contributed by atoms with Gasteiger partial charge in [0, 0.05) is 11.6 Å². The number of halogens is 1. The molecule has 19 heavy (non-hydrogen) atoms. The van der Waals surface area contributed by atoms with E-state index in [2.05, 4.69) is 9.97 Å². The van der Waals surface area contributed by atoms with Gasteiger partial charge in [0.15, 0.2) is 23.0 Å². The lowest BCUT2D eigenvalue weighted by Crippen LogP contribution is -2.17. The van der Waals surface area contributed by atoms with Gasteiger partial charge >= 0.3 is 6.09 Å². The Balaban J connectivity index is 2.23. The first kappa shape index (κ1) is 13.8. The second kappa shape index (κ2) is 6.00. The maximum absolute atomic E-state index is 10.6. The minimum absolute atomic E-state index is 0.114. The third-order valence-electron chi connectivity index (χ3n) is 2.58. The number of fused-ring (bicyclic) bond motifs is 1. The molecule has 1 aromatic heterocycles. The number of carbonyl (C=O) groups is 1. The molecular formula is C12H12IN3O3. The molecule has 0 saturated carbocycles. The van der Waals surface area contributed by atoms with Crippen molar-refractivity contribution in [2.24, 2.45) is 5.73 Å². The highest BCUT2D eigenvalue weighted by Gasteiger charge is 2.11. The van der Waals surface area contributed by atoms with Crippen LogP contribution in [-0.2, 0) is 4.74 Å². The van der Waals surface area contributed by atoms with Crippen molar-refractivity contribution in [1.29, 1.82) is 0 Å². The third kappa shape index (κ3) is 3.43. The second-order valence-electron chi connectivity index (χ2n) is 4.06. The summed E-state index contributed by atoms with van der Waals surface area (Å²) in [6.45, 7) is 2.03. The zero-order valence-corrected chi connectivity index (χ0v) is 12.3. The van der Waals surface area contributed by atoms with E-state index in [9.17, 15) is 4.79 Å². The molecule has 0 bridgehead atoms. The summed E-state index contributed by atoms with van der Waals surface area (Å²) in [4.78, 5) is 19.2. The molecule has 2 rings (SSSR count). The van der Waals surface area contributed by atoms with Gasteiger partial charge in [0.05, 0.1) is 11.4 Å². The normalized spacial score (nSPS) is 12.1. The van der Waals surface area contributed by atoms with Gasteiger partial charge in [-0.25, -0.2) is 14.8 Å². The van der Waals surface area contributed by atoms with Crippen molar-refractivity contribution in [3.8, 4) is 5.75 Å². The van der Waals surface area contributed by atoms with E-state index >= 15 is 0 Å². The highest BCUT2D eigenvalue weighted by atomic mass is 127. The molecule has 0 saturated heterocycles. The van der Waals surface area contributed by atoms with Crippen LogP contribution in [0.2, 0.25) is 0 Å². The number of nitrogens with zero attached hydrogens (tertiary/aromatic N) is 2. The molecule has 0 aliphatic carbocycles. The molecule has 1 heterocycles. The average molecular weight is 373 g/mol. The van der Waals surface area contributed by atoms with Crippen molar-refractivity contribution in [1.82, 2.24) is 9.97 Å². The fourth-order valence-corrected chi connectivity index (χ4v) is 1.87. The molecule has 6 nitrogen and oxygen atoms in total. The zero-order valence-electron chi connectivity index (χ0n) is 10.2. The van der Waals surface area contributed by atoms with E-state index in [4.69, 9.17) is 13.5 Å². The van der Waals surface area contributed by atoms with Gasteiger partial charge in [-0.1, -0.05) is 6.92 Å². The van der Waals surface area contributed by atoms with E-state index in [0.29, 0.717) is 5.82 Å². The van der Waals surface area contributed by atoms with Gasteiger partial charge in [0.25, 0.3) is 0 Å². The van der Waals surface area contributed by atoms with Crippen LogP contribution >= 0.6 is 23.0 Å². The first-order valence-corrected chi connectivity index (χ1v) is 6.45. The van der Waals surface area contributed by atoms with Gasteiger partial charge < -0.3 is 13.5 Å². The van der Waals surface area contributed by atoms with E-state index in [1.165, 1.54) is 0 Å². The highest BCUT2D eigenvalue weighted by molar-refractivity contribution is 14.1. The smallest absolute Gasteiger partial charge is 0.404 e. The lowest BCUT2D eigenvalue weighted by atomic mass is 10.1. The SMILES string of the molecule is C[C@H](COC(N)=O)c1ncc2cc(OI)ccc2n1. The summed E-state index contributed by atoms with van der Waals surface area (Å²) in [5.74, 6) is 1.24. The number of ether oxygens (including phenoxy) is 1. The number of benzene rings is 1. The van der Waals surface area contributed by atoms with Crippen molar-refractivity contribution < 1.29 is 12.6 Å². The summed E-state index contributed by atoms with van der Waals surface area (Å²) in [6.07, 6.45) is 0.925. The van der Waals surface area contributed by atoms with Crippen molar-refractivity contribution in [2.45, 2.75) is 12.8 Å². The molecule has 0 spiro atoms. The molecule has 100 valence electrons. The second-order valence-corrected chi connectivity index (χ2v) is 4.50. The van der Waals surface area contributed by atoms with Gasteiger partial charge in [-0.15, -0.1) is 0 Å². The van der Waals surface area contributed by atoms with Crippen LogP contribution in [0.1, 0.15) is 18.7 Å². The van der Waals surface area contributed by atoms with E-state index < -0.39 is 6.09 Å². The minimum Gasteiger partial charge on any atom is -0.449 e. The predicted octanol–water partition coefficient (Wildman–Crippen LogP) is 2.56. The molecule has 1 atom stereocenters. The van der Waals surface area contributed by atoms with Gasteiger partial charge in [-0.2, -0.15) is 0 Å². The molecule has 0 aliphatic heterocycles. The monoisotopic (exact) mass is 373 g/mol. The predicted molar refractivity (Wildman–Crippen MR) is 78.1 cm³/mol. The molecule has 0 fully saturated rings.